The molecule has 0 spiro atoms. The lowest BCUT2D eigenvalue weighted by Gasteiger charge is -2.34. The van der Waals surface area contributed by atoms with E-state index in [1.807, 2.05) is 18.7 Å². The maximum Gasteiger partial charge on any atom is 0.241 e. The van der Waals surface area contributed by atoms with Gasteiger partial charge in [0.1, 0.15) is 0 Å². The van der Waals surface area contributed by atoms with Gasteiger partial charge in [-0.1, -0.05) is 0 Å². The summed E-state index contributed by atoms with van der Waals surface area (Å²) < 4.78 is 0. The molecule has 1 aromatic carbocycles. The van der Waals surface area contributed by atoms with Crippen LogP contribution in [0, 0.1) is 11.3 Å². The average Bonchev–Trinajstić information content (AvgIpc) is 2.60. The van der Waals surface area contributed by atoms with Crippen molar-refractivity contribution in [2.75, 3.05) is 44.6 Å². The monoisotopic (exact) mass is 343 g/mol. The van der Waals surface area contributed by atoms with Crippen molar-refractivity contribution in [1.29, 1.82) is 5.26 Å². The van der Waals surface area contributed by atoms with Gasteiger partial charge in [-0.15, -0.1) is 0 Å². The van der Waals surface area contributed by atoms with Crippen LogP contribution in [-0.2, 0) is 9.59 Å². The Kier molecular flexibility index (Phi) is 6.78. The van der Waals surface area contributed by atoms with Crippen LogP contribution in [-0.4, -0.2) is 66.9 Å². The summed E-state index contributed by atoms with van der Waals surface area (Å²) in [5.74, 6) is 0.0629. The highest BCUT2D eigenvalue weighted by Crippen LogP contribution is 2.09. The Morgan fingerprint density at radius 3 is 2.36 bits per heavy atom. The molecular weight excluding hydrogens is 318 g/mol. The van der Waals surface area contributed by atoms with Crippen LogP contribution in [0.15, 0.2) is 24.3 Å². The van der Waals surface area contributed by atoms with Crippen molar-refractivity contribution in [2.24, 2.45) is 0 Å². The molecule has 2 N–H and O–H groups in total. The molecule has 7 heteroatoms. The van der Waals surface area contributed by atoms with Gasteiger partial charge in [0.25, 0.3) is 0 Å². The van der Waals surface area contributed by atoms with E-state index in [1.54, 1.807) is 24.3 Å². The number of hydrogen-bond acceptors (Lipinski definition) is 5. The van der Waals surface area contributed by atoms with Crippen LogP contribution in [0.3, 0.4) is 0 Å². The highest BCUT2D eigenvalue weighted by atomic mass is 16.2. The zero-order valence-electron chi connectivity index (χ0n) is 14.8. The van der Waals surface area contributed by atoms with E-state index in [4.69, 9.17) is 5.26 Å². The second kappa shape index (κ2) is 9.04. The lowest BCUT2D eigenvalue weighted by Crippen LogP contribution is -2.52. The van der Waals surface area contributed by atoms with Crippen molar-refractivity contribution < 1.29 is 9.59 Å². The van der Waals surface area contributed by atoms with Crippen LogP contribution in [0.25, 0.3) is 0 Å². The van der Waals surface area contributed by atoms with Crippen molar-refractivity contribution >= 4 is 17.5 Å². The van der Waals surface area contributed by atoms with Gasteiger partial charge in [0.05, 0.1) is 24.7 Å². The zero-order valence-corrected chi connectivity index (χ0v) is 14.8. The van der Waals surface area contributed by atoms with E-state index >= 15 is 0 Å². The molecule has 0 atom stereocenters. The van der Waals surface area contributed by atoms with Crippen LogP contribution >= 0.6 is 0 Å². The summed E-state index contributed by atoms with van der Waals surface area (Å²) >= 11 is 0. The van der Waals surface area contributed by atoms with Gasteiger partial charge < -0.3 is 15.5 Å². The van der Waals surface area contributed by atoms with Crippen LogP contribution in [0.1, 0.15) is 19.4 Å². The molecule has 1 aromatic rings. The van der Waals surface area contributed by atoms with Crippen molar-refractivity contribution in [3.8, 4) is 6.07 Å². The summed E-state index contributed by atoms with van der Waals surface area (Å²) in [6.45, 7) is 7.14. The summed E-state index contributed by atoms with van der Waals surface area (Å²) in [5, 5.41) is 14.7. The fraction of sp³-hybridized carbons (Fsp3) is 0.500. The molecule has 7 nitrogen and oxygen atoms in total. The second-order valence-electron chi connectivity index (χ2n) is 6.42. The molecule has 1 aliphatic rings. The van der Waals surface area contributed by atoms with Gasteiger partial charge in [-0.25, -0.2) is 0 Å². The minimum absolute atomic E-state index is 0.0252. The van der Waals surface area contributed by atoms with E-state index in [0.29, 0.717) is 38.3 Å². The molecule has 134 valence electrons. The molecule has 1 fully saturated rings. The fourth-order valence-corrected chi connectivity index (χ4v) is 2.68. The molecule has 1 heterocycles. The average molecular weight is 343 g/mol. The number of nitriles is 1. The molecule has 0 aliphatic carbocycles. The first kappa shape index (κ1) is 18.7. The molecule has 2 rings (SSSR count). The van der Waals surface area contributed by atoms with Gasteiger partial charge in [0.2, 0.25) is 11.8 Å². The number of nitrogens with zero attached hydrogens (tertiary/aromatic N) is 3. The Bertz CT molecular complexity index is 628. The number of carbonyl (C=O) groups excluding carboxylic acids is 2. The van der Waals surface area contributed by atoms with Gasteiger partial charge in [-0.05, 0) is 38.1 Å². The highest BCUT2D eigenvalue weighted by Gasteiger charge is 2.22. The lowest BCUT2D eigenvalue weighted by molar-refractivity contribution is -0.131. The summed E-state index contributed by atoms with van der Waals surface area (Å²) in [4.78, 5) is 27.9. The standard InChI is InChI=1S/C18H25N5O2/c1-14(2)21-17(24)13-22-7-9-23(10-8-22)18(25)12-20-16-5-3-15(11-19)4-6-16/h3-6,14,20H,7-10,12-13H2,1-2H3,(H,21,24). The van der Waals surface area contributed by atoms with Crippen molar-refractivity contribution in [3.63, 3.8) is 0 Å². The van der Waals surface area contributed by atoms with Crippen LogP contribution < -0.4 is 10.6 Å². The molecule has 0 radical (unpaired) electrons. The van der Waals surface area contributed by atoms with E-state index in [0.717, 1.165) is 5.69 Å². The quantitative estimate of drug-likeness (QED) is 0.791. The first-order valence-electron chi connectivity index (χ1n) is 8.51. The number of piperazine rings is 1. The van der Waals surface area contributed by atoms with Gasteiger partial charge in [0.15, 0.2) is 0 Å². The first-order valence-corrected chi connectivity index (χ1v) is 8.51. The number of carbonyl (C=O) groups is 2. The lowest BCUT2D eigenvalue weighted by atomic mass is 10.2. The van der Waals surface area contributed by atoms with Crippen molar-refractivity contribution in [2.45, 2.75) is 19.9 Å². The van der Waals surface area contributed by atoms with E-state index in [2.05, 4.69) is 21.6 Å². The predicted octanol–water partition coefficient (Wildman–Crippen LogP) is 0.639. The van der Waals surface area contributed by atoms with Gasteiger partial charge in [-0.3, -0.25) is 14.5 Å². The highest BCUT2D eigenvalue weighted by molar-refractivity contribution is 5.81. The largest absolute Gasteiger partial charge is 0.376 e. The fourth-order valence-electron chi connectivity index (χ4n) is 2.68. The van der Waals surface area contributed by atoms with Crippen LogP contribution in [0.5, 0.6) is 0 Å². The molecule has 25 heavy (non-hydrogen) atoms. The number of anilines is 1. The molecule has 0 aromatic heterocycles. The predicted molar refractivity (Wildman–Crippen MR) is 95.9 cm³/mol. The van der Waals surface area contributed by atoms with Gasteiger partial charge in [-0.2, -0.15) is 5.26 Å². The molecule has 1 saturated heterocycles. The number of rotatable bonds is 6. The second-order valence-corrected chi connectivity index (χ2v) is 6.42. The summed E-state index contributed by atoms with van der Waals surface area (Å²) in [7, 11) is 0. The SMILES string of the molecule is CC(C)NC(=O)CN1CCN(C(=O)CNc2ccc(C#N)cc2)CC1. The van der Waals surface area contributed by atoms with Gasteiger partial charge >= 0.3 is 0 Å². The van der Waals surface area contributed by atoms with E-state index in [9.17, 15) is 9.59 Å². The Labute approximate surface area is 148 Å². The number of hydrogen-bond donors (Lipinski definition) is 2. The molecule has 2 amide bonds. The number of benzene rings is 1. The molecule has 0 saturated carbocycles. The van der Waals surface area contributed by atoms with E-state index in [-0.39, 0.29) is 24.4 Å². The summed E-state index contributed by atoms with van der Waals surface area (Å²) in [6, 6.07) is 9.21. The maximum absolute atomic E-state index is 12.3. The van der Waals surface area contributed by atoms with E-state index < -0.39 is 0 Å². The molecular formula is C18H25N5O2. The van der Waals surface area contributed by atoms with Crippen LogP contribution in [0.2, 0.25) is 0 Å². The van der Waals surface area contributed by atoms with Crippen LogP contribution in [0.4, 0.5) is 5.69 Å². The topological polar surface area (TPSA) is 88.5 Å². The summed E-state index contributed by atoms with van der Waals surface area (Å²) in [6.07, 6.45) is 0. The normalized spacial score (nSPS) is 14.9. The van der Waals surface area contributed by atoms with E-state index in [1.165, 1.54) is 0 Å². The number of amides is 2. The molecule has 0 unspecified atom stereocenters. The maximum atomic E-state index is 12.3. The zero-order chi connectivity index (χ0) is 18.2. The molecule has 1 aliphatic heterocycles. The Morgan fingerprint density at radius 2 is 1.80 bits per heavy atom. The number of nitrogens with one attached hydrogen (secondary N) is 2. The molecule has 0 bridgehead atoms. The minimum atomic E-state index is 0.0252. The summed E-state index contributed by atoms with van der Waals surface area (Å²) in [5.41, 5.74) is 1.41. The van der Waals surface area contributed by atoms with Crippen molar-refractivity contribution in [3.05, 3.63) is 29.8 Å². The Morgan fingerprint density at radius 1 is 1.16 bits per heavy atom. The first-order chi connectivity index (χ1) is 12.0. The van der Waals surface area contributed by atoms with Crippen molar-refractivity contribution in [1.82, 2.24) is 15.1 Å². The van der Waals surface area contributed by atoms with Gasteiger partial charge in [0, 0.05) is 37.9 Å². The Balaban J connectivity index is 1.71. The third-order valence-electron chi connectivity index (χ3n) is 4.00. The minimum Gasteiger partial charge on any atom is -0.376 e. The smallest absolute Gasteiger partial charge is 0.241 e. The third-order valence-corrected chi connectivity index (χ3v) is 4.00. The Hall–Kier alpha value is -2.59. The third kappa shape index (κ3) is 6.08.